The van der Waals surface area contributed by atoms with Crippen LogP contribution in [0.4, 0.5) is 0 Å². The zero-order valence-electron chi connectivity index (χ0n) is 10.4. The van der Waals surface area contributed by atoms with E-state index in [4.69, 9.17) is 23.2 Å². The van der Waals surface area contributed by atoms with Crippen molar-refractivity contribution in [2.45, 2.75) is 0 Å². The van der Waals surface area contributed by atoms with E-state index in [1.54, 1.807) is 0 Å². The van der Waals surface area contributed by atoms with E-state index in [0.717, 1.165) is 16.6 Å². The van der Waals surface area contributed by atoms with Crippen LogP contribution in [0.2, 0.25) is 5.15 Å². The van der Waals surface area contributed by atoms with Crippen LogP contribution in [0.5, 0.6) is 0 Å². The van der Waals surface area contributed by atoms with Crippen LogP contribution in [0.25, 0.3) is 22.1 Å². The van der Waals surface area contributed by atoms with Gasteiger partial charge < -0.3 is 0 Å². The number of halogens is 2. The Labute approximate surface area is 126 Å². The van der Waals surface area contributed by atoms with Gasteiger partial charge in [-0.2, -0.15) is 0 Å². The van der Waals surface area contributed by atoms with E-state index < -0.39 is 0 Å². The Morgan fingerprint density at radius 1 is 0.850 bits per heavy atom. The van der Waals surface area contributed by atoms with E-state index in [0.29, 0.717) is 15.9 Å². The summed E-state index contributed by atoms with van der Waals surface area (Å²) in [6.45, 7) is 0. The summed E-state index contributed by atoms with van der Waals surface area (Å²) < 4.78 is 0. The van der Waals surface area contributed by atoms with E-state index in [2.05, 4.69) is 9.97 Å². The second kappa shape index (κ2) is 5.61. The first-order chi connectivity index (χ1) is 9.74. The minimum atomic E-state index is 0.306. The molecule has 1 aromatic heterocycles. The van der Waals surface area contributed by atoms with Gasteiger partial charge >= 0.3 is 0 Å². The van der Waals surface area contributed by atoms with Gasteiger partial charge in [0.2, 0.25) is 0 Å². The molecule has 0 bridgehead atoms. The van der Waals surface area contributed by atoms with Gasteiger partial charge in [0.1, 0.15) is 5.69 Å². The van der Waals surface area contributed by atoms with Crippen LogP contribution >= 0.6 is 23.2 Å². The zero-order chi connectivity index (χ0) is 13.9. The highest BCUT2D eigenvalue weighted by Gasteiger charge is 2.10. The number of benzene rings is 2. The summed E-state index contributed by atoms with van der Waals surface area (Å²) in [7, 11) is 0. The van der Waals surface area contributed by atoms with E-state index in [-0.39, 0.29) is 0 Å². The van der Waals surface area contributed by atoms with Gasteiger partial charge in [0.05, 0.1) is 16.1 Å². The van der Waals surface area contributed by atoms with Gasteiger partial charge in [-0.05, 0) is 23.8 Å². The van der Waals surface area contributed by atoms with Gasteiger partial charge in [0.15, 0.2) is 5.15 Å². The fourth-order valence-electron chi connectivity index (χ4n) is 1.89. The molecule has 0 saturated carbocycles. The number of nitrogens with zero attached hydrogens (tertiary/aromatic N) is 2. The highest BCUT2D eigenvalue weighted by molar-refractivity contribution is 6.52. The molecule has 20 heavy (non-hydrogen) atoms. The van der Waals surface area contributed by atoms with Crippen molar-refractivity contribution in [3.63, 3.8) is 0 Å². The Morgan fingerprint density at radius 2 is 1.45 bits per heavy atom. The minimum absolute atomic E-state index is 0.306. The molecule has 2 aromatic carbocycles. The standard InChI is InChI=1S/C16H10Cl2N2/c17-12(10-11-6-2-1-3-7-11)15-16(18)20-14-9-5-4-8-13(14)19-15/h1-10H. The second-order valence-corrected chi connectivity index (χ2v) is 5.02. The van der Waals surface area contributed by atoms with Gasteiger partial charge in [-0.3, -0.25) is 0 Å². The van der Waals surface area contributed by atoms with Crippen LogP contribution in [0.15, 0.2) is 54.6 Å². The van der Waals surface area contributed by atoms with Crippen LogP contribution in [0, 0.1) is 0 Å². The Morgan fingerprint density at radius 3 is 2.15 bits per heavy atom. The molecule has 0 aliphatic heterocycles. The predicted octanol–water partition coefficient (Wildman–Crippen LogP) is 5.02. The smallest absolute Gasteiger partial charge is 0.156 e. The third-order valence-electron chi connectivity index (χ3n) is 2.85. The van der Waals surface area contributed by atoms with E-state index in [9.17, 15) is 0 Å². The number of hydrogen-bond acceptors (Lipinski definition) is 2. The first-order valence-corrected chi connectivity index (χ1v) is 6.84. The summed E-state index contributed by atoms with van der Waals surface area (Å²) in [6, 6.07) is 17.3. The van der Waals surface area contributed by atoms with Crippen molar-refractivity contribution in [3.05, 3.63) is 71.0 Å². The van der Waals surface area contributed by atoms with Gasteiger partial charge in [0, 0.05) is 0 Å². The van der Waals surface area contributed by atoms with Gasteiger partial charge in [-0.1, -0.05) is 65.7 Å². The van der Waals surface area contributed by atoms with Crippen molar-refractivity contribution in [2.75, 3.05) is 0 Å². The molecule has 1 heterocycles. The summed E-state index contributed by atoms with van der Waals surface area (Å²) in [4.78, 5) is 8.79. The number of aromatic nitrogens is 2. The van der Waals surface area contributed by atoms with Crippen molar-refractivity contribution >= 4 is 45.3 Å². The number of rotatable bonds is 2. The molecule has 0 aliphatic rings. The van der Waals surface area contributed by atoms with Gasteiger partial charge in [0.25, 0.3) is 0 Å². The highest BCUT2D eigenvalue weighted by Crippen LogP contribution is 2.27. The monoisotopic (exact) mass is 300 g/mol. The lowest BCUT2D eigenvalue weighted by Gasteiger charge is -2.04. The van der Waals surface area contributed by atoms with E-state index in [1.807, 2.05) is 60.7 Å². The van der Waals surface area contributed by atoms with E-state index in [1.165, 1.54) is 0 Å². The molecular formula is C16H10Cl2N2. The van der Waals surface area contributed by atoms with Crippen LogP contribution in [-0.2, 0) is 0 Å². The highest BCUT2D eigenvalue weighted by atomic mass is 35.5. The van der Waals surface area contributed by atoms with Crippen LogP contribution in [0.3, 0.4) is 0 Å². The molecular weight excluding hydrogens is 291 g/mol. The van der Waals surface area contributed by atoms with Gasteiger partial charge in [-0.15, -0.1) is 0 Å². The summed E-state index contributed by atoms with van der Waals surface area (Å²) in [5.74, 6) is 0. The SMILES string of the molecule is ClC(=Cc1ccccc1)c1nc2ccccc2nc1Cl. The molecule has 0 saturated heterocycles. The lowest BCUT2D eigenvalue weighted by Crippen LogP contribution is -1.92. The summed E-state index contributed by atoms with van der Waals surface area (Å²) in [5.41, 5.74) is 3.01. The third-order valence-corrected chi connectivity index (χ3v) is 3.40. The first-order valence-electron chi connectivity index (χ1n) is 6.09. The zero-order valence-corrected chi connectivity index (χ0v) is 11.9. The van der Waals surface area contributed by atoms with Crippen LogP contribution in [-0.4, -0.2) is 9.97 Å². The molecule has 0 amide bonds. The number of para-hydroxylation sites is 2. The molecule has 2 nitrogen and oxygen atoms in total. The molecule has 3 rings (SSSR count). The molecule has 98 valence electrons. The van der Waals surface area contributed by atoms with Gasteiger partial charge in [-0.25, -0.2) is 9.97 Å². The molecule has 0 radical (unpaired) electrons. The summed E-state index contributed by atoms with van der Waals surface area (Å²) >= 11 is 12.5. The predicted molar refractivity (Wildman–Crippen MR) is 84.7 cm³/mol. The molecule has 0 spiro atoms. The van der Waals surface area contributed by atoms with E-state index >= 15 is 0 Å². The number of hydrogen-bond donors (Lipinski definition) is 0. The minimum Gasteiger partial charge on any atom is -0.242 e. The Kier molecular flexibility index (Phi) is 3.68. The Bertz CT molecular complexity index is 783. The molecule has 0 atom stereocenters. The summed E-state index contributed by atoms with van der Waals surface area (Å²) in [5, 5.41) is 0.778. The molecule has 0 fully saturated rings. The molecule has 0 N–H and O–H groups in total. The third kappa shape index (κ3) is 2.67. The average Bonchev–Trinajstić information content (AvgIpc) is 2.47. The fourth-order valence-corrected chi connectivity index (χ4v) is 2.44. The normalized spacial score (nSPS) is 11.8. The lowest BCUT2D eigenvalue weighted by atomic mass is 10.2. The summed E-state index contributed by atoms with van der Waals surface area (Å²) in [6.07, 6.45) is 1.83. The Balaban J connectivity index is 2.09. The van der Waals surface area contributed by atoms with Crippen LogP contribution in [0.1, 0.15) is 11.3 Å². The first kappa shape index (κ1) is 13.1. The largest absolute Gasteiger partial charge is 0.242 e. The molecule has 0 aliphatic carbocycles. The molecule has 0 unspecified atom stereocenters. The maximum Gasteiger partial charge on any atom is 0.156 e. The van der Waals surface area contributed by atoms with Crippen molar-refractivity contribution < 1.29 is 0 Å². The topological polar surface area (TPSA) is 25.8 Å². The quantitative estimate of drug-likeness (QED) is 0.664. The fraction of sp³-hybridized carbons (Fsp3) is 0. The van der Waals surface area contributed by atoms with Crippen molar-refractivity contribution in [1.29, 1.82) is 0 Å². The second-order valence-electron chi connectivity index (χ2n) is 4.25. The average molecular weight is 301 g/mol. The molecule has 3 aromatic rings. The maximum atomic E-state index is 6.32. The van der Waals surface area contributed by atoms with Crippen molar-refractivity contribution in [3.8, 4) is 0 Å². The number of fused-ring (bicyclic) bond motifs is 1. The molecule has 4 heteroatoms. The van der Waals surface area contributed by atoms with Crippen molar-refractivity contribution in [2.24, 2.45) is 0 Å². The van der Waals surface area contributed by atoms with Crippen molar-refractivity contribution in [1.82, 2.24) is 9.97 Å². The maximum absolute atomic E-state index is 6.32. The lowest BCUT2D eigenvalue weighted by molar-refractivity contribution is 1.26. The Hall–Kier alpha value is -1.90. The van der Waals surface area contributed by atoms with Crippen LogP contribution < -0.4 is 0 Å².